The standard InChI is InChI=1S/C28H38N4O5/c1-30-28(37-25-11-7-10-24(18-25)35-3)26(27(29-30)22-8-5-4-6-9-22)21-32(12-15-34-2)20-23(33)19-31-13-16-36-17-14-31/h4-11,18,23,33H,12-17,19-21H2,1-3H3/t23-/m0/s1. The maximum Gasteiger partial charge on any atom is 0.222 e. The SMILES string of the molecule is COCCN(Cc1c(-c2ccccc2)nn(C)c1Oc1cccc(OC)c1)C[C@@H](O)CN1CCOCC1. The summed E-state index contributed by atoms with van der Waals surface area (Å²) in [6.45, 7) is 5.98. The molecule has 1 fully saturated rings. The second-order valence-electron chi connectivity index (χ2n) is 9.20. The Balaban J connectivity index is 1.61. The van der Waals surface area contributed by atoms with Crippen molar-refractivity contribution in [1.29, 1.82) is 0 Å². The van der Waals surface area contributed by atoms with E-state index in [0.717, 1.165) is 35.7 Å². The molecule has 1 atom stereocenters. The molecule has 200 valence electrons. The molecular weight excluding hydrogens is 472 g/mol. The summed E-state index contributed by atoms with van der Waals surface area (Å²) >= 11 is 0. The van der Waals surface area contributed by atoms with E-state index in [-0.39, 0.29) is 0 Å². The minimum atomic E-state index is -0.505. The highest BCUT2D eigenvalue weighted by molar-refractivity contribution is 5.65. The van der Waals surface area contributed by atoms with Gasteiger partial charge in [-0.3, -0.25) is 9.80 Å². The van der Waals surface area contributed by atoms with Crippen LogP contribution in [0.25, 0.3) is 11.3 Å². The molecule has 1 N–H and O–H groups in total. The van der Waals surface area contributed by atoms with Gasteiger partial charge in [-0.15, -0.1) is 0 Å². The summed E-state index contributed by atoms with van der Waals surface area (Å²) < 4.78 is 24.4. The van der Waals surface area contributed by atoms with Gasteiger partial charge in [0.25, 0.3) is 0 Å². The van der Waals surface area contributed by atoms with Gasteiger partial charge in [-0.05, 0) is 12.1 Å². The molecule has 0 radical (unpaired) electrons. The lowest BCUT2D eigenvalue weighted by atomic mass is 10.1. The molecule has 0 spiro atoms. The first-order valence-electron chi connectivity index (χ1n) is 12.7. The van der Waals surface area contributed by atoms with E-state index in [2.05, 4.69) is 9.80 Å². The van der Waals surface area contributed by atoms with Gasteiger partial charge >= 0.3 is 0 Å². The number of morpholine rings is 1. The summed E-state index contributed by atoms with van der Waals surface area (Å²) in [6.07, 6.45) is -0.505. The number of β-amino-alcohol motifs (C(OH)–C–C–N with tert-alkyl or cyclic N) is 1. The van der Waals surface area contributed by atoms with Crippen molar-refractivity contribution in [2.24, 2.45) is 7.05 Å². The van der Waals surface area contributed by atoms with Crippen LogP contribution in [-0.2, 0) is 23.1 Å². The molecule has 1 aliphatic heterocycles. The Morgan fingerprint density at radius 3 is 2.54 bits per heavy atom. The van der Waals surface area contributed by atoms with Crippen molar-refractivity contribution in [2.75, 3.05) is 66.8 Å². The van der Waals surface area contributed by atoms with Crippen LogP contribution in [0.2, 0.25) is 0 Å². The van der Waals surface area contributed by atoms with E-state index in [4.69, 9.17) is 24.0 Å². The quantitative estimate of drug-likeness (QED) is 0.376. The molecular formula is C28H38N4O5. The number of benzene rings is 2. The summed E-state index contributed by atoms with van der Waals surface area (Å²) in [5.41, 5.74) is 2.81. The number of aromatic nitrogens is 2. The average molecular weight is 511 g/mol. The van der Waals surface area contributed by atoms with Gasteiger partial charge < -0.3 is 24.1 Å². The highest BCUT2D eigenvalue weighted by Crippen LogP contribution is 2.35. The molecule has 0 unspecified atom stereocenters. The molecule has 1 aromatic heterocycles. The lowest BCUT2D eigenvalue weighted by Gasteiger charge is -2.31. The number of ether oxygens (including phenoxy) is 4. The predicted octanol–water partition coefficient (Wildman–Crippen LogP) is 3.03. The third kappa shape index (κ3) is 7.53. The van der Waals surface area contributed by atoms with Crippen LogP contribution in [0.15, 0.2) is 54.6 Å². The van der Waals surface area contributed by atoms with Gasteiger partial charge in [0.2, 0.25) is 5.88 Å². The van der Waals surface area contributed by atoms with Crippen LogP contribution >= 0.6 is 0 Å². The second kappa shape index (κ2) is 13.6. The second-order valence-corrected chi connectivity index (χ2v) is 9.20. The largest absolute Gasteiger partial charge is 0.497 e. The summed E-state index contributed by atoms with van der Waals surface area (Å²) in [6, 6.07) is 17.6. The zero-order valence-corrected chi connectivity index (χ0v) is 22.0. The van der Waals surface area contributed by atoms with Gasteiger partial charge in [-0.2, -0.15) is 5.10 Å². The van der Waals surface area contributed by atoms with Crippen molar-refractivity contribution in [3.8, 4) is 28.6 Å². The number of nitrogens with zero attached hydrogens (tertiary/aromatic N) is 4. The van der Waals surface area contributed by atoms with E-state index in [1.54, 1.807) is 18.9 Å². The lowest BCUT2D eigenvalue weighted by Crippen LogP contribution is -2.45. The van der Waals surface area contributed by atoms with E-state index in [0.29, 0.717) is 57.6 Å². The molecule has 3 aromatic rings. The van der Waals surface area contributed by atoms with Gasteiger partial charge in [-0.25, -0.2) is 4.68 Å². The number of aryl methyl sites for hydroxylation is 1. The Hall–Kier alpha value is -2.95. The van der Waals surface area contributed by atoms with Crippen molar-refractivity contribution < 1.29 is 24.1 Å². The Morgan fingerprint density at radius 1 is 1.05 bits per heavy atom. The minimum absolute atomic E-state index is 0.502. The summed E-state index contributed by atoms with van der Waals surface area (Å²) in [5.74, 6) is 2.04. The van der Waals surface area contributed by atoms with Crippen LogP contribution in [0.3, 0.4) is 0 Å². The van der Waals surface area contributed by atoms with Gasteiger partial charge in [0, 0.05) is 65.1 Å². The number of aliphatic hydroxyl groups excluding tert-OH is 1. The first-order valence-corrected chi connectivity index (χ1v) is 12.7. The van der Waals surface area contributed by atoms with E-state index in [1.165, 1.54) is 0 Å². The Morgan fingerprint density at radius 2 is 1.81 bits per heavy atom. The van der Waals surface area contributed by atoms with Gasteiger partial charge in [0.05, 0.1) is 38.6 Å². The van der Waals surface area contributed by atoms with Crippen molar-refractivity contribution in [1.82, 2.24) is 19.6 Å². The molecule has 1 aliphatic rings. The fraction of sp³-hybridized carbons (Fsp3) is 0.464. The van der Waals surface area contributed by atoms with Gasteiger partial charge in [0.15, 0.2) is 0 Å². The highest BCUT2D eigenvalue weighted by Gasteiger charge is 2.24. The van der Waals surface area contributed by atoms with E-state index < -0.39 is 6.10 Å². The fourth-order valence-corrected chi connectivity index (χ4v) is 4.54. The summed E-state index contributed by atoms with van der Waals surface area (Å²) in [5, 5.41) is 15.8. The molecule has 4 rings (SSSR count). The topological polar surface area (TPSA) is 81.5 Å². The monoisotopic (exact) mass is 510 g/mol. The maximum atomic E-state index is 11.0. The minimum Gasteiger partial charge on any atom is -0.497 e. The van der Waals surface area contributed by atoms with Crippen molar-refractivity contribution >= 4 is 0 Å². The molecule has 0 amide bonds. The summed E-state index contributed by atoms with van der Waals surface area (Å²) in [4.78, 5) is 4.45. The number of hydrogen-bond donors (Lipinski definition) is 1. The van der Waals surface area contributed by atoms with E-state index in [9.17, 15) is 5.11 Å². The van der Waals surface area contributed by atoms with E-state index >= 15 is 0 Å². The van der Waals surface area contributed by atoms with Crippen molar-refractivity contribution in [2.45, 2.75) is 12.6 Å². The molecule has 0 saturated carbocycles. The Bertz CT molecular complexity index is 1100. The molecule has 9 heteroatoms. The molecule has 9 nitrogen and oxygen atoms in total. The Labute approximate surface area is 219 Å². The first-order chi connectivity index (χ1) is 18.1. The molecule has 0 aliphatic carbocycles. The first kappa shape index (κ1) is 27.1. The predicted molar refractivity (Wildman–Crippen MR) is 142 cm³/mol. The Kier molecular flexibility index (Phi) is 9.92. The van der Waals surface area contributed by atoms with Crippen LogP contribution in [0.5, 0.6) is 17.4 Å². The lowest BCUT2D eigenvalue weighted by molar-refractivity contribution is 0.00434. The zero-order chi connectivity index (χ0) is 26.0. The molecule has 2 aromatic carbocycles. The van der Waals surface area contributed by atoms with Crippen LogP contribution in [-0.4, -0.2) is 97.6 Å². The van der Waals surface area contributed by atoms with Crippen LogP contribution in [0, 0.1) is 0 Å². The fourth-order valence-electron chi connectivity index (χ4n) is 4.54. The average Bonchev–Trinajstić information content (AvgIpc) is 3.22. The normalized spacial score (nSPS) is 15.2. The van der Waals surface area contributed by atoms with Gasteiger partial charge in [-0.1, -0.05) is 36.4 Å². The molecule has 2 heterocycles. The number of methoxy groups -OCH3 is 2. The van der Waals surface area contributed by atoms with E-state index in [1.807, 2.05) is 61.6 Å². The third-order valence-corrected chi connectivity index (χ3v) is 6.43. The summed E-state index contributed by atoms with van der Waals surface area (Å²) in [7, 11) is 5.22. The highest BCUT2D eigenvalue weighted by atomic mass is 16.5. The van der Waals surface area contributed by atoms with Crippen LogP contribution < -0.4 is 9.47 Å². The zero-order valence-electron chi connectivity index (χ0n) is 22.0. The number of rotatable bonds is 13. The van der Waals surface area contributed by atoms with Crippen molar-refractivity contribution in [3.05, 3.63) is 60.2 Å². The molecule has 1 saturated heterocycles. The number of aliphatic hydroxyl groups is 1. The van der Waals surface area contributed by atoms with Gasteiger partial charge in [0.1, 0.15) is 17.2 Å². The molecule has 37 heavy (non-hydrogen) atoms. The smallest absolute Gasteiger partial charge is 0.222 e. The van der Waals surface area contributed by atoms with Crippen molar-refractivity contribution in [3.63, 3.8) is 0 Å². The number of hydrogen-bond acceptors (Lipinski definition) is 8. The molecule has 0 bridgehead atoms. The third-order valence-electron chi connectivity index (χ3n) is 6.43. The van der Waals surface area contributed by atoms with Crippen LogP contribution in [0.4, 0.5) is 0 Å². The maximum absolute atomic E-state index is 11.0. The van der Waals surface area contributed by atoms with Crippen LogP contribution in [0.1, 0.15) is 5.56 Å².